The Morgan fingerprint density at radius 1 is 1.19 bits per heavy atom. The molecular formula is C16H24F2N2O. The van der Waals surface area contributed by atoms with E-state index in [1.54, 1.807) is 7.11 Å². The number of nitrogens with one attached hydrogen (secondary N) is 1. The van der Waals surface area contributed by atoms with Crippen molar-refractivity contribution >= 4 is 0 Å². The Kier molecular flexibility index (Phi) is 4.66. The van der Waals surface area contributed by atoms with Gasteiger partial charge >= 0.3 is 0 Å². The average molecular weight is 298 g/mol. The van der Waals surface area contributed by atoms with Crippen LogP contribution in [0.1, 0.15) is 51.1 Å². The molecule has 0 aliphatic heterocycles. The third-order valence-electron chi connectivity index (χ3n) is 4.82. The fourth-order valence-electron chi connectivity index (χ4n) is 3.22. The highest BCUT2D eigenvalue weighted by Crippen LogP contribution is 2.47. The number of hydrogen-bond donors (Lipinski definition) is 2. The van der Waals surface area contributed by atoms with Gasteiger partial charge in [0.05, 0.1) is 11.6 Å². The van der Waals surface area contributed by atoms with E-state index in [0.717, 1.165) is 37.8 Å². The van der Waals surface area contributed by atoms with Crippen LogP contribution in [0.2, 0.25) is 0 Å². The summed E-state index contributed by atoms with van der Waals surface area (Å²) in [5, 5.41) is 0. The van der Waals surface area contributed by atoms with Crippen LogP contribution in [0.15, 0.2) is 18.2 Å². The molecule has 0 saturated heterocycles. The second-order valence-electron chi connectivity index (χ2n) is 6.70. The third kappa shape index (κ3) is 3.25. The summed E-state index contributed by atoms with van der Waals surface area (Å²) in [5.41, 5.74) is 2.49. The van der Waals surface area contributed by atoms with Crippen LogP contribution >= 0.6 is 0 Å². The Morgan fingerprint density at radius 2 is 1.81 bits per heavy atom. The first-order chi connectivity index (χ1) is 9.83. The Morgan fingerprint density at radius 3 is 2.33 bits per heavy atom. The molecular weight excluding hydrogens is 274 g/mol. The molecule has 0 amide bonds. The lowest BCUT2D eigenvalue weighted by Gasteiger charge is -2.47. The second kappa shape index (κ2) is 5.99. The molecule has 0 spiro atoms. The molecule has 1 aromatic rings. The summed E-state index contributed by atoms with van der Waals surface area (Å²) in [6, 6.07) is 2.86. The van der Waals surface area contributed by atoms with Crippen molar-refractivity contribution in [3.63, 3.8) is 0 Å². The van der Waals surface area contributed by atoms with Gasteiger partial charge in [0.25, 0.3) is 0 Å². The summed E-state index contributed by atoms with van der Waals surface area (Å²) in [7, 11) is 1.61. The van der Waals surface area contributed by atoms with E-state index in [1.807, 2.05) is 0 Å². The highest BCUT2D eigenvalue weighted by Gasteiger charge is 2.45. The van der Waals surface area contributed by atoms with E-state index in [9.17, 15) is 8.78 Å². The molecule has 3 N–H and O–H groups in total. The molecule has 3 nitrogen and oxygen atoms in total. The largest absolute Gasteiger partial charge is 0.376 e. The first kappa shape index (κ1) is 16.3. The van der Waals surface area contributed by atoms with Crippen LogP contribution in [0.5, 0.6) is 0 Å². The molecule has 118 valence electrons. The summed E-state index contributed by atoms with van der Waals surface area (Å²) >= 11 is 0. The van der Waals surface area contributed by atoms with E-state index < -0.39 is 23.3 Å². The fraction of sp³-hybridized carbons (Fsp3) is 0.625. The van der Waals surface area contributed by atoms with E-state index >= 15 is 0 Å². The molecule has 0 radical (unpaired) electrons. The van der Waals surface area contributed by atoms with Gasteiger partial charge in [-0.3, -0.25) is 5.84 Å². The smallest absolute Gasteiger partial charge is 0.128 e. The highest BCUT2D eigenvalue weighted by molar-refractivity contribution is 5.26. The van der Waals surface area contributed by atoms with Crippen molar-refractivity contribution in [3.05, 3.63) is 35.4 Å². The Hall–Kier alpha value is -1.04. The maximum atomic E-state index is 14.1. The van der Waals surface area contributed by atoms with Crippen molar-refractivity contribution in [2.45, 2.75) is 51.2 Å². The molecule has 21 heavy (non-hydrogen) atoms. The van der Waals surface area contributed by atoms with Crippen molar-refractivity contribution in [1.29, 1.82) is 0 Å². The number of ether oxygens (including phenoxy) is 1. The summed E-state index contributed by atoms with van der Waals surface area (Å²) in [6.45, 7) is 4.42. The lowest BCUT2D eigenvalue weighted by molar-refractivity contribution is -0.0884. The Balaban J connectivity index is 2.36. The van der Waals surface area contributed by atoms with Gasteiger partial charge < -0.3 is 4.74 Å². The fourth-order valence-corrected chi connectivity index (χ4v) is 3.22. The summed E-state index contributed by atoms with van der Waals surface area (Å²) in [4.78, 5) is 0. The molecule has 1 saturated carbocycles. The monoisotopic (exact) mass is 298 g/mol. The van der Waals surface area contributed by atoms with Gasteiger partial charge in [-0.2, -0.15) is 0 Å². The zero-order valence-electron chi connectivity index (χ0n) is 12.9. The van der Waals surface area contributed by atoms with E-state index in [4.69, 9.17) is 10.6 Å². The van der Waals surface area contributed by atoms with Crippen LogP contribution in [0.25, 0.3) is 0 Å². The predicted octanol–water partition coefficient (Wildman–Crippen LogP) is 3.45. The summed E-state index contributed by atoms with van der Waals surface area (Å²) in [6.07, 6.45) is 3.41. The summed E-state index contributed by atoms with van der Waals surface area (Å²) < 4.78 is 33.3. The molecule has 1 unspecified atom stereocenters. The van der Waals surface area contributed by atoms with Crippen molar-refractivity contribution in [2.24, 2.45) is 11.3 Å². The van der Waals surface area contributed by atoms with Gasteiger partial charge in [0.15, 0.2) is 0 Å². The highest BCUT2D eigenvalue weighted by atomic mass is 19.1. The molecule has 1 aromatic carbocycles. The summed E-state index contributed by atoms with van der Waals surface area (Å²) in [5.74, 6) is 4.71. The minimum Gasteiger partial charge on any atom is -0.376 e. The van der Waals surface area contributed by atoms with E-state index in [1.165, 1.54) is 6.07 Å². The number of rotatable bonds is 4. The number of hydrogen-bond acceptors (Lipinski definition) is 3. The van der Waals surface area contributed by atoms with Crippen LogP contribution in [0.3, 0.4) is 0 Å². The Bertz CT molecular complexity index is 495. The molecule has 0 bridgehead atoms. The second-order valence-corrected chi connectivity index (χ2v) is 6.70. The van der Waals surface area contributed by atoms with Crippen LogP contribution < -0.4 is 11.3 Å². The van der Waals surface area contributed by atoms with E-state index in [2.05, 4.69) is 19.3 Å². The molecule has 5 heteroatoms. The van der Waals surface area contributed by atoms with E-state index in [-0.39, 0.29) is 11.0 Å². The van der Waals surface area contributed by atoms with Crippen LogP contribution in [-0.2, 0) is 4.74 Å². The molecule has 1 aliphatic rings. The number of benzene rings is 1. The normalized spacial score (nSPS) is 22.0. The SMILES string of the molecule is COC1(C(NN)c2cc(F)ccc2F)CCC(C)(C)CC1. The van der Waals surface area contributed by atoms with Crippen molar-refractivity contribution < 1.29 is 13.5 Å². The molecule has 0 aromatic heterocycles. The van der Waals surface area contributed by atoms with Crippen molar-refractivity contribution in [2.75, 3.05) is 7.11 Å². The third-order valence-corrected chi connectivity index (χ3v) is 4.82. The zero-order chi connectivity index (χ0) is 15.7. The lowest BCUT2D eigenvalue weighted by atomic mass is 9.67. The Labute approximate surface area is 124 Å². The first-order valence-electron chi connectivity index (χ1n) is 7.30. The van der Waals surface area contributed by atoms with Gasteiger partial charge in [0.2, 0.25) is 0 Å². The van der Waals surface area contributed by atoms with Gasteiger partial charge in [-0.05, 0) is 49.3 Å². The number of hydrazine groups is 1. The number of methoxy groups -OCH3 is 1. The topological polar surface area (TPSA) is 47.3 Å². The minimum atomic E-state index is -0.612. The molecule has 1 atom stereocenters. The quantitative estimate of drug-likeness (QED) is 0.661. The van der Waals surface area contributed by atoms with Gasteiger partial charge in [-0.15, -0.1) is 0 Å². The van der Waals surface area contributed by atoms with Gasteiger partial charge in [0, 0.05) is 12.7 Å². The average Bonchev–Trinajstić information content (AvgIpc) is 2.45. The molecule has 0 heterocycles. The zero-order valence-corrected chi connectivity index (χ0v) is 12.9. The standard InChI is InChI=1S/C16H24F2N2O/c1-15(2)6-8-16(21-3,9-7-15)14(20-19)12-10-11(17)4-5-13(12)18/h4-5,10,14,20H,6-9,19H2,1-3H3. The van der Waals surface area contributed by atoms with Gasteiger partial charge in [0.1, 0.15) is 11.6 Å². The van der Waals surface area contributed by atoms with E-state index in [0.29, 0.717) is 0 Å². The van der Waals surface area contributed by atoms with Crippen LogP contribution in [0, 0.1) is 17.0 Å². The van der Waals surface area contributed by atoms with Crippen molar-refractivity contribution in [1.82, 2.24) is 5.43 Å². The first-order valence-corrected chi connectivity index (χ1v) is 7.30. The molecule has 1 aliphatic carbocycles. The van der Waals surface area contributed by atoms with Gasteiger partial charge in [-0.25, -0.2) is 14.2 Å². The molecule has 2 rings (SSSR count). The van der Waals surface area contributed by atoms with Crippen molar-refractivity contribution in [3.8, 4) is 0 Å². The minimum absolute atomic E-state index is 0.221. The van der Waals surface area contributed by atoms with Gasteiger partial charge in [-0.1, -0.05) is 13.8 Å². The maximum absolute atomic E-state index is 14.1. The predicted molar refractivity (Wildman–Crippen MR) is 78.4 cm³/mol. The molecule has 1 fully saturated rings. The maximum Gasteiger partial charge on any atom is 0.128 e. The van der Waals surface area contributed by atoms with Crippen LogP contribution in [-0.4, -0.2) is 12.7 Å². The van der Waals surface area contributed by atoms with Crippen LogP contribution in [0.4, 0.5) is 8.78 Å². The lowest BCUT2D eigenvalue weighted by Crippen LogP contribution is -2.51. The number of halogens is 2. The number of nitrogens with two attached hydrogens (primary N) is 1.